The molecular formula is C21H20N2O2. The van der Waals surface area contributed by atoms with Gasteiger partial charge in [0, 0.05) is 12.2 Å². The second-order valence-electron chi connectivity index (χ2n) is 5.65. The molecule has 4 nitrogen and oxygen atoms in total. The Morgan fingerprint density at radius 1 is 0.880 bits per heavy atom. The van der Waals surface area contributed by atoms with E-state index in [0.717, 1.165) is 18.7 Å². The third-order valence-corrected chi connectivity index (χ3v) is 3.82. The number of amides is 1. The summed E-state index contributed by atoms with van der Waals surface area (Å²) in [6.07, 6.45) is 0.963. The number of benzene rings is 3. The summed E-state index contributed by atoms with van der Waals surface area (Å²) in [5.41, 5.74) is 8.06. The van der Waals surface area contributed by atoms with Gasteiger partial charge in [-0.1, -0.05) is 42.5 Å². The second-order valence-corrected chi connectivity index (χ2v) is 5.65. The number of hydrogen-bond acceptors (Lipinski definition) is 3. The van der Waals surface area contributed by atoms with Crippen molar-refractivity contribution in [2.45, 2.75) is 6.42 Å². The first kappa shape index (κ1) is 16.6. The van der Waals surface area contributed by atoms with Crippen molar-refractivity contribution < 1.29 is 9.53 Å². The van der Waals surface area contributed by atoms with Crippen LogP contribution in [0.15, 0.2) is 78.9 Å². The van der Waals surface area contributed by atoms with Crippen molar-refractivity contribution >= 4 is 11.6 Å². The molecule has 3 N–H and O–H groups in total. The van der Waals surface area contributed by atoms with Crippen LogP contribution in [0.2, 0.25) is 0 Å². The van der Waals surface area contributed by atoms with Gasteiger partial charge in [-0.05, 0) is 48.4 Å². The van der Waals surface area contributed by atoms with Crippen molar-refractivity contribution in [3.05, 3.63) is 90.0 Å². The Hall–Kier alpha value is -3.27. The molecule has 25 heavy (non-hydrogen) atoms. The summed E-state index contributed by atoms with van der Waals surface area (Å²) in [6, 6.07) is 24.9. The summed E-state index contributed by atoms with van der Waals surface area (Å²) < 4.78 is 5.77. The van der Waals surface area contributed by atoms with Crippen molar-refractivity contribution in [1.82, 2.24) is 0 Å². The predicted octanol–water partition coefficient (Wildman–Crippen LogP) is 4.23. The van der Waals surface area contributed by atoms with Crippen molar-refractivity contribution in [3.63, 3.8) is 0 Å². The summed E-state index contributed by atoms with van der Waals surface area (Å²) in [5.74, 6) is 0.608. The monoisotopic (exact) mass is 332 g/mol. The fourth-order valence-electron chi connectivity index (χ4n) is 2.52. The average Bonchev–Trinajstić information content (AvgIpc) is 2.64. The predicted molar refractivity (Wildman–Crippen MR) is 100 cm³/mol. The Bertz CT molecular complexity index is 830. The van der Waals surface area contributed by atoms with E-state index >= 15 is 0 Å². The molecule has 0 bridgehead atoms. The highest BCUT2D eigenvalue weighted by Gasteiger charge is 2.09. The van der Waals surface area contributed by atoms with Crippen LogP contribution in [-0.4, -0.2) is 12.5 Å². The van der Waals surface area contributed by atoms with E-state index in [4.69, 9.17) is 10.5 Å². The molecule has 0 aromatic heterocycles. The van der Waals surface area contributed by atoms with Crippen LogP contribution in [0.1, 0.15) is 15.9 Å². The van der Waals surface area contributed by atoms with Gasteiger partial charge in [-0.3, -0.25) is 4.79 Å². The molecule has 0 saturated heterocycles. The lowest BCUT2D eigenvalue weighted by atomic mass is 10.1. The Labute approximate surface area is 147 Å². The molecule has 0 aliphatic carbocycles. The van der Waals surface area contributed by atoms with Crippen molar-refractivity contribution in [2.24, 2.45) is 5.73 Å². The number of carbonyl (C=O) groups is 1. The van der Waals surface area contributed by atoms with Gasteiger partial charge >= 0.3 is 0 Å². The van der Waals surface area contributed by atoms with Crippen LogP contribution < -0.4 is 15.8 Å². The number of hydrogen-bond donors (Lipinski definition) is 2. The molecule has 3 aromatic rings. The molecule has 0 atom stereocenters. The summed E-state index contributed by atoms with van der Waals surface area (Å²) in [4.78, 5) is 11.4. The molecule has 0 radical (unpaired) electrons. The van der Waals surface area contributed by atoms with Crippen LogP contribution in [0.3, 0.4) is 0 Å². The fourth-order valence-corrected chi connectivity index (χ4v) is 2.52. The molecule has 4 heteroatoms. The van der Waals surface area contributed by atoms with Crippen molar-refractivity contribution in [3.8, 4) is 11.5 Å². The smallest absolute Gasteiger partial charge is 0.252 e. The number of anilines is 1. The van der Waals surface area contributed by atoms with Crippen LogP contribution >= 0.6 is 0 Å². The minimum Gasteiger partial charge on any atom is -0.457 e. The fraction of sp³-hybridized carbons (Fsp3) is 0.0952. The van der Waals surface area contributed by atoms with Gasteiger partial charge < -0.3 is 15.8 Å². The lowest BCUT2D eigenvalue weighted by Gasteiger charge is -2.10. The van der Waals surface area contributed by atoms with E-state index in [1.54, 1.807) is 24.3 Å². The minimum absolute atomic E-state index is 0.368. The van der Waals surface area contributed by atoms with E-state index in [2.05, 4.69) is 17.4 Å². The molecule has 3 rings (SSSR count). The summed E-state index contributed by atoms with van der Waals surface area (Å²) in [5, 5.41) is 3.38. The maximum atomic E-state index is 11.4. The molecule has 126 valence electrons. The third kappa shape index (κ3) is 4.61. The second kappa shape index (κ2) is 8.02. The van der Waals surface area contributed by atoms with E-state index in [1.807, 2.05) is 42.5 Å². The van der Waals surface area contributed by atoms with Gasteiger partial charge in [-0.25, -0.2) is 0 Å². The number of ether oxygens (including phenoxy) is 1. The highest BCUT2D eigenvalue weighted by molar-refractivity contribution is 5.95. The van der Waals surface area contributed by atoms with Crippen LogP contribution in [0.5, 0.6) is 11.5 Å². The molecule has 1 amide bonds. The molecule has 3 aromatic carbocycles. The maximum absolute atomic E-state index is 11.4. The molecular weight excluding hydrogens is 312 g/mol. The number of nitrogens with one attached hydrogen (secondary N) is 1. The highest BCUT2D eigenvalue weighted by atomic mass is 16.5. The number of rotatable bonds is 7. The lowest BCUT2D eigenvalue weighted by Crippen LogP contribution is -2.11. The molecule has 0 aliphatic rings. The average molecular weight is 332 g/mol. The maximum Gasteiger partial charge on any atom is 0.252 e. The molecule has 0 heterocycles. The highest BCUT2D eigenvalue weighted by Crippen LogP contribution is 2.26. The van der Waals surface area contributed by atoms with Gasteiger partial charge in [0.15, 0.2) is 0 Å². The van der Waals surface area contributed by atoms with Gasteiger partial charge in [0.25, 0.3) is 5.91 Å². The topological polar surface area (TPSA) is 64.4 Å². The largest absolute Gasteiger partial charge is 0.457 e. The van der Waals surface area contributed by atoms with Gasteiger partial charge in [-0.2, -0.15) is 0 Å². The first-order valence-electron chi connectivity index (χ1n) is 8.17. The third-order valence-electron chi connectivity index (χ3n) is 3.82. The number of para-hydroxylation sites is 1. The Balaban J connectivity index is 1.58. The van der Waals surface area contributed by atoms with E-state index in [-0.39, 0.29) is 0 Å². The van der Waals surface area contributed by atoms with Crippen molar-refractivity contribution in [1.29, 1.82) is 0 Å². The first-order valence-corrected chi connectivity index (χ1v) is 8.17. The Morgan fingerprint density at radius 3 is 2.28 bits per heavy atom. The summed E-state index contributed by atoms with van der Waals surface area (Å²) in [7, 11) is 0. The first-order chi connectivity index (χ1) is 12.2. The van der Waals surface area contributed by atoms with Gasteiger partial charge in [0.1, 0.15) is 11.5 Å². The van der Waals surface area contributed by atoms with E-state index in [9.17, 15) is 4.79 Å². The lowest BCUT2D eigenvalue weighted by molar-refractivity contribution is 0.0998. The number of primary amides is 1. The molecule has 0 spiro atoms. The zero-order valence-corrected chi connectivity index (χ0v) is 13.8. The van der Waals surface area contributed by atoms with E-state index in [1.165, 1.54) is 5.56 Å². The van der Waals surface area contributed by atoms with Gasteiger partial charge in [0.05, 0.1) is 5.56 Å². The summed E-state index contributed by atoms with van der Waals surface area (Å²) >= 11 is 0. The molecule has 0 aliphatic heterocycles. The Morgan fingerprint density at radius 2 is 1.56 bits per heavy atom. The number of nitrogens with two attached hydrogens (primary N) is 1. The van der Waals surface area contributed by atoms with Crippen molar-refractivity contribution in [2.75, 3.05) is 11.9 Å². The molecule has 0 unspecified atom stereocenters. The zero-order chi connectivity index (χ0) is 17.5. The standard InChI is InChI=1S/C21H20N2O2/c22-21(24)19-8-4-5-9-20(19)25-18-12-10-17(11-13-18)23-15-14-16-6-2-1-3-7-16/h1-13,23H,14-15H2,(H2,22,24). The van der Waals surface area contributed by atoms with Crippen LogP contribution in [0.25, 0.3) is 0 Å². The van der Waals surface area contributed by atoms with Crippen LogP contribution in [-0.2, 0) is 6.42 Å². The van der Waals surface area contributed by atoms with Crippen LogP contribution in [0, 0.1) is 0 Å². The molecule has 0 fully saturated rings. The SMILES string of the molecule is NC(=O)c1ccccc1Oc1ccc(NCCc2ccccc2)cc1. The van der Waals surface area contributed by atoms with Crippen LogP contribution in [0.4, 0.5) is 5.69 Å². The zero-order valence-electron chi connectivity index (χ0n) is 13.8. The quantitative estimate of drug-likeness (QED) is 0.680. The Kier molecular flexibility index (Phi) is 5.32. The van der Waals surface area contributed by atoms with Gasteiger partial charge in [-0.15, -0.1) is 0 Å². The molecule has 0 saturated carbocycles. The normalized spacial score (nSPS) is 10.2. The minimum atomic E-state index is -0.505. The van der Waals surface area contributed by atoms with E-state index in [0.29, 0.717) is 17.1 Å². The van der Waals surface area contributed by atoms with Gasteiger partial charge in [0.2, 0.25) is 0 Å². The number of carbonyl (C=O) groups excluding carboxylic acids is 1. The summed E-state index contributed by atoms with van der Waals surface area (Å²) in [6.45, 7) is 0.856. The van der Waals surface area contributed by atoms with E-state index < -0.39 is 5.91 Å².